The molecule has 0 fully saturated rings. The van der Waals surface area contributed by atoms with Gasteiger partial charge < -0.3 is 25.0 Å². The van der Waals surface area contributed by atoms with Gasteiger partial charge in [0.2, 0.25) is 0 Å². The molecule has 0 saturated carbocycles. The van der Waals surface area contributed by atoms with Crippen LogP contribution in [0.5, 0.6) is 0 Å². The van der Waals surface area contributed by atoms with Crippen LogP contribution in [0.4, 0.5) is 18.9 Å². The standard InChI is InChI=1S/C34H39F3N4O2S/c1-3-9-24-14-15-28-32-27(24)18-30(41(32)26(4-2)21-44-40-28)33(43)39-29(17-22-10-6-5-7-11-22)31(42)20-38-19-23-12-8-13-25(16-23)34(35,36)37/h5-8,10-16,18,26,29,31,38,40,42H,3-4,9,17,19-21H2,1-2H3,(H,39,43)/t26?,29-,31+/m0/s1. The summed E-state index contributed by atoms with van der Waals surface area (Å²) in [5.41, 5.74) is 4.47. The minimum absolute atomic E-state index is 0.0833. The van der Waals surface area contributed by atoms with Gasteiger partial charge >= 0.3 is 6.18 Å². The highest BCUT2D eigenvalue weighted by molar-refractivity contribution is 8.00. The number of nitrogens with zero attached hydrogens (tertiary/aromatic N) is 1. The van der Waals surface area contributed by atoms with E-state index in [0.29, 0.717) is 17.7 Å². The van der Waals surface area contributed by atoms with Gasteiger partial charge in [-0.25, -0.2) is 0 Å². The average molecular weight is 625 g/mol. The molecule has 4 N–H and O–H groups in total. The molecule has 2 heterocycles. The predicted molar refractivity (Wildman–Crippen MR) is 172 cm³/mol. The Morgan fingerprint density at radius 2 is 1.84 bits per heavy atom. The van der Waals surface area contributed by atoms with Gasteiger partial charge in [-0.3, -0.25) is 4.79 Å². The van der Waals surface area contributed by atoms with Crippen molar-refractivity contribution < 1.29 is 23.1 Å². The predicted octanol–water partition coefficient (Wildman–Crippen LogP) is 7.13. The number of aryl methyl sites for hydroxylation is 1. The smallest absolute Gasteiger partial charge is 0.390 e. The van der Waals surface area contributed by atoms with E-state index in [2.05, 4.69) is 45.9 Å². The maximum Gasteiger partial charge on any atom is 0.416 e. The van der Waals surface area contributed by atoms with Crippen molar-refractivity contribution in [2.75, 3.05) is 17.0 Å². The maximum absolute atomic E-state index is 14.1. The molecule has 3 atom stereocenters. The van der Waals surface area contributed by atoms with E-state index in [9.17, 15) is 23.1 Å². The topological polar surface area (TPSA) is 78.3 Å². The fourth-order valence-corrected chi connectivity index (χ4v) is 6.85. The molecule has 1 aromatic heterocycles. The SMILES string of the molecule is CCCc1ccc2c3c1cc(C(=O)N[C@@H](Cc1ccccc1)[C@H](O)CNCc1cccc(C(F)(F)F)c1)n3C(CC)CSN2. The molecule has 0 bridgehead atoms. The summed E-state index contributed by atoms with van der Waals surface area (Å²) in [6, 6.07) is 20.4. The Morgan fingerprint density at radius 1 is 1.07 bits per heavy atom. The summed E-state index contributed by atoms with van der Waals surface area (Å²) in [6.45, 7) is 4.49. The van der Waals surface area contributed by atoms with Crippen LogP contribution in [0, 0.1) is 0 Å². The van der Waals surface area contributed by atoms with Gasteiger partial charge in [-0.05, 0) is 54.2 Å². The Balaban J connectivity index is 1.40. The summed E-state index contributed by atoms with van der Waals surface area (Å²) in [4.78, 5) is 14.1. The first-order valence-corrected chi connectivity index (χ1v) is 16.1. The summed E-state index contributed by atoms with van der Waals surface area (Å²) < 4.78 is 45.1. The molecule has 44 heavy (non-hydrogen) atoms. The van der Waals surface area contributed by atoms with Gasteiger partial charge in [-0.15, -0.1) is 0 Å². The molecule has 10 heteroatoms. The van der Waals surface area contributed by atoms with E-state index < -0.39 is 23.9 Å². The van der Waals surface area contributed by atoms with Crippen molar-refractivity contribution in [1.29, 1.82) is 0 Å². The second-order valence-corrected chi connectivity index (χ2v) is 12.2. The first-order chi connectivity index (χ1) is 21.2. The Morgan fingerprint density at radius 3 is 2.57 bits per heavy atom. The molecule has 6 nitrogen and oxygen atoms in total. The summed E-state index contributed by atoms with van der Waals surface area (Å²) in [5.74, 6) is 0.534. The van der Waals surface area contributed by atoms with Gasteiger partial charge in [0.1, 0.15) is 5.69 Å². The lowest BCUT2D eigenvalue weighted by Crippen LogP contribution is -2.49. The third kappa shape index (κ3) is 7.25. The largest absolute Gasteiger partial charge is 0.416 e. The number of hydrogen-bond donors (Lipinski definition) is 4. The minimum atomic E-state index is -4.42. The summed E-state index contributed by atoms with van der Waals surface area (Å²) >= 11 is 1.64. The number of rotatable bonds is 12. The number of hydrogen-bond acceptors (Lipinski definition) is 5. The normalized spacial score (nSPS) is 16.3. The van der Waals surface area contributed by atoms with Crippen molar-refractivity contribution in [2.24, 2.45) is 0 Å². The van der Waals surface area contributed by atoms with Gasteiger partial charge in [0.05, 0.1) is 28.9 Å². The van der Waals surface area contributed by atoms with Crippen molar-refractivity contribution >= 4 is 34.4 Å². The number of halogens is 3. The fourth-order valence-electron chi connectivity index (χ4n) is 5.87. The molecule has 5 rings (SSSR count). The lowest BCUT2D eigenvalue weighted by atomic mass is 10.0. The van der Waals surface area contributed by atoms with E-state index in [1.807, 2.05) is 36.4 Å². The van der Waals surface area contributed by atoms with Crippen LogP contribution in [-0.4, -0.2) is 40.0 Å². The molecule has 0 radical (unpaired) electrons. The molecule has 234 valence electrons. The van der Waals surface area contributed by atoms with Gasteiger partial charge in [0.15, 0.2) is 0 Å². The molecule has 0 saturated heterocycles. The number of alkyl halides is 3. The number of carbonyl (C=O) groups is 1. The van der Waals surface area contributed by atoms with E-state index in [0.717, 1.165) is 59.3 Å². The highest BCUT2D eigenvalue weighted by Gasteiger charge is 2.31. The number of aromatic nitrogens is 1. The lowest BCUT2D eigenvalue weighted by molar-refractivity contribution is -0.137. The Bertz CT molecular complexity index is 1570. The molecule has 3 aromatic carbocycles. The van der Waals surface area contributed by atoms with Crippen molar-refractivity contribution in [3.05, 3.63) is 101 Å². The molecule has 1 unspecified atom stereocenters. The molecule has 0 spiro atoms. The van der Waals surface area contributed by atoms with E-state index in [1.165, 1.54) is 11.6 Å². The van der Waals surface area contributed by atoms with Crippen molar-refractivity contribution in [1.82, 2.24) is 15.2 Å². The molecule has 1 aliphatic heterocycles. The van der Waals surface area contributed by atoms with E-state index in [-0.39, 0.29) is 25.0 Å². The number of aliphatic hydroxyl groups is 1. The monoisotopic (exact) mass is 624 g/mol. The number of nitrogens with one attached hydrogen (secondary N) is 3. The Labute approximate surface area is 260 Å². The van der Waals surface area contributed by atoms with Crippen LogP contribution in [0.2, 0.25) is 0 Å². The first kappa shape index (κ1) is 31.9. The summed E-state index contributed by atoms with van der Waals surface area (Å²) in [5, 5.41) is 18.6. The summed E-state index contributed by atoms with van der Waals surface area (Å²) in [6.07, 6.45) is -2.29. The molecule has 1 amide bonds. The van der Waals surface area contributed by atoms with E-state index in [1.54, 1.807) is 18.0 Å². The number of aliphatic hydroxyl groups excluding tert-OH is 1. The van der Waals surface area contributed by atoms with Gasteiger partial charge in [-0.2, -0.15) is 13.2 Å². The van der Waals surface area contributed by atoms with Crippen LogP contribution in [0.25, 0.3) is 10.9 Å². The summed E-state index contributed by atoms with van der Waals surface area (Å²) in [7, 11) is 0. The second-order valence-electron chi connectivity index (χ2n) is 11.3. The average Bonchev–Trinajstić information content (AvgIpc) is 3.31. The molecule has 0 aliphatic carbocycles. The van der Waals surface area contributed by atoms with Crippen molar-refractivity contribution in [2.45, 2.75) is 70.4 Å². The zero-order valence-corrected chi connectivity index (χ0v) is 25.8. The number of carbonyl (C=O) groups excluding carboxylic acids is 1. The molecular formula is C34H39F3N4O2S. The first-order valence-electron chi connectivity index (χ1n) is 15.1. The molecular weight excluding hydrogens is 585 g/mol. The molecule has 1 aliphatic rings. The van der Waals surface area contributed by atoms with Crippen LogP contribution in [0.15, 0.2) is 72.8 Å². The van der Waals surface area contributed by atoms with Crippen LogP contribution in [-0.2, 0) is 25.6 Å². The zero-order valence-electron chi connectivity index (χ0n) is 25.0. The minimum Gasteiger partial charge on any atom is -0.390 e. The van der Waals surface area contributed by atoms with Crippen LogP contribution < -0.4 is 15.4 Å². The van der Waals surface area contributed by atoms with Crippen LogP contribution in [0.3, 0.4) is 0 Å². The second kappa shape index (κ2) is 14.1. The van der Waals surface area contributed by atoms with Crippen LogP contribution >= 0.6 is 11.9 Å². The number of anilines is 1. The quantitative estimate of drug-likeness (QED) is 0.126. The van der Waals surface area contributed by atoms with Crippen molar-refractivity contribution in [3.63, 3.8) is 0 Å². The highest BCUT2D eigenvalue weighted by atomic mass is 32.2. The van der Waals surface area contributed by atoms with Gasteiger partial charge in [0, 0.05) is 30.3 Å². The van der Waals surface area contributed by atoms with Gasteiger partial charge in [0.25, 0.3) is 5.91 Å². The Hall–Kier alpha value is -3.47. The number of benzene rings is 3. The van der Waals surface area contributed by atoms with Crippen LogP contribution in [0.1, 0.15) is 65.5 Å². The van der Waals surface area contributed by atoms with Crippen molar-refractivity contribution in [3.8, 4) is 0 Å². The fraction of sp³-hybridized carbons (Fsp3) is 0.382. The third-order valence-electron chi connectivity index (χ3n) is 8.15. The zero-order chi connectivity index (χ0) is 31.3. The van der Waals surface area contributed by atoms with E-state index >= 15 is 0 Å². The van der Waals surface area contributed by atoms with Gasteiger partial charge in [-0.1, -0.05) is 86.8 Å². The molecule has 4 aromatic rings. The highest BCUT2D eigenvalue weighted by Crippen LogP contribution is 2.39. The third-order valence-corrected chi connectivity index (χ3v) is 9.07. The number of amides is 1. The lowest BCUT2D eigenvalue weighted by Gasteiger charge is -2.26. The van der Waals surface area contributed by atoms with E-state index in [4.69, 9.17) is 0 Å². The Kier molecular flexibility index (Phi) is 10.2. The maximum atomic E-state index is 14.1.